The predicted molar refractivity (Wildman–Crippen MR) is 70.8 cm³/mol. The fourth-order valence-electron chi connectivity index (χ4n) is 2.30. The SMILES string of the molecule is COc1ccccc1[C@@H]1NC(=O)NC(C)=C1C(C)=O. The highest BCUT2D eigenvalue weighted by Gasteiger charge is 2.30. The van der Waals surface area contributed by atoms with Crippen LogP contribution in [0.1, 0.15) is 25.5 Å². The number of para-hydroxylation sites is 1. The van der Waals surface area contributed by atoms with Gasteiger partial charge in [-0.15, -0.1) is 0 Å². The highest BCUT2D eigenvalue weighted by molar-refractivity contribution is 5.98. The molecule has 1 atom stereocenters. The van der Waals surface area contributed by atoms with Crippen LogP contribution in [0.5, 0.6) is 5.75 Å². The molecule has 1 aromatic carbocycles. The standard InChI is InChI=1S/C14H16N2O3/c1-8-12(9(2)17)13(16-14(18)15-8)10-6-4-5-7-11(10)19-3/h4-7,13H,1-3H3,(H2,15,16,18)/t13-/m0/s1. The van der Waals surface area contributed by atoms with Gasteiger partial charge in [0, 0.05) is 16.8 Å². The predicted octanol–water partition coefficient (Wildman–Crippen LogP) is 1.91. The zero-order valence-corrected chi connectivity index (χ0v) is 11.1. The average molecular weight is 260 g/mol. The molecule has 0 saturated heterocycles. The molecule has 0 bridgehead atoms. The molecule has 1 heterocycles. The van der Waals surface area contributed by atoms with E-state index >= 15 is 0 Å². The number of benzene rings is 1. The third-order valence-electron chi connectivity index (χ3n) is 3.10. The number of Topliss-reactive ketones (excluding diaryl/α,β-unsaturated/α-hetero) is 1. The van der Waals surface area contributed by atoms with Gasteiger partial charge in [0.05, 0.1) is 13.2 Å². The molecular formula is C14H16N2O3. The van der Waals surface area contributed by atoms with Crippen LogP contribution >= 0.6 is 0 Å². The van der Waals surface area contributed by atoms with E-state index in [-0.39, 0.29) is 11.8 Å². The second-order valence-electron chi connectivity index (χ2n) is 4.37. The number of nitrogens with one attached hydrogen (secondary N) is 2. The van der Waals surface area contributed by atoms with Gasteiger partial charge in [-0.05, 0) is 19.9 Å². The number of amides is 2. The second kappa shape index (κ2) is 5.14. The zero-order valence-electron chi connectivity index (χ0n) is 11.1. The molecule has 0 fully saturated rings. The lowest BCUT2D eigenvalue weighted by Gasteiger charge is -2.28. The largest absolute Gasteiger partial charge is 0.496 e. The molecule has 0 radical (unpaired) electrons. The first-order valence-electron chi connectivity index (χ1n) is 5.96. The first-order valence-corrected chi connectivity index (χ1v) is 5.96. The van der Waals surface area contributed by atoms with Crippen LogP contribution in [0.4, 0.5) is 4.79 Å². The Bertz CT molecular complexity index is 564. The van der Waals surface area contributed by atoms with E-state index in [0.717, 1.165) is 5.56 Å². The molecular weight excluding hydrogens is 244 g/mol. The number of ether oxygens (including phenoxy) is 1. The minimum Gasteiger partial charge on any atom is -0.496 e. The molecule has 5 heteroatoms. The zero-order chi connectivity index (χ0) is 14.0. The van der Waals surface area contributed by atoms with Crippen LogP contribution in [0.2, 0.25) is 0 Å². The lowest BCUT2D eigenvalue weighted by molar-refractivity contribution is -0.114. The molecule has 0 unspecified atom stereocenters. The summed E-state index contributed by atoms with van der Waals surface area (Å²) in [4.78, 5) is 23.4. The fourth-order valence-corrected chi connectivity index (χ4v) is 2.30. The summed E-state index contributed by atoms with van der Waals surface area (Å²) in [5, 5.41) is 5.38. The normalized spacial score (nSPS) is 18.7. The number of rotatable bonds is 3. The number of carbonyl (C=O) groups is 2. The van der Waals surface area contributed by atoms with Crippen molar-refractivity contribution in [3.63, 3.8) is 0 Å². The third kappa shape index (κ3) is 2.45. The van der Waals surface area contributed by atoms with Gasteiger partial charge < -0.3 is 15.4 Å². The van der Waals surface area contributed by atoms with Crippen molar-refractivity contribution in [1.82, 2.24) is 10.6 Å². The number of methoxy groups -OCH3 is 1. The van der Waals surface area contributed by atoms with E-state index in [2.05, 4.69) is 10.6 Å². The Morgan fingerprint density at radius 3 is 2.63 bits per heavy atom. The summed E-state index contributed by atoms with van der Waals surface area (Å²) in [6.07, 6.45) is 0. The van der Waals surface area contributed by atoms with Gasteiger partial charge in [-0.2, -0.15) is 0 Å². The van der Waals surface area contributed by atoms with Crippen LogP contribution in [0.3, 0.4) is 0 Å². The molecule has 19 heavy (non-hydrogen) atoms. The van der Waals surface area contributed by atoms with Crippen LogP contribution in [-0.2, 0) is 4.79 Å². The van der Waals surface area contributed by atoms with Crippen molar-refractivity contribution in [1.29, 1.82) is 0 Å². The Labute approximate surface area is 111 Å². The molecule has 0 aromatic heterocycles. The van der Waals surface area contributed by atoms with Gasteiger partial charge >= 0.3 is 6.03 Å². The topological polar surface area (TPSA) is 67.4 Å². The van der Waals surface area contributed by atoms with Crippen LogP contribution in [0.25, 0.3) is 0 Å². The Hall–Kier alpha value is -2.30. The van der Waals surface area contributed by atoms with Gasteiger partial charge in [-0.25, -0.2) is 4.79 Å². The van der Waals surface area contributed by atoms with Gasteiger partial charge in [0.1, 0.15) is 5.75 Å². The van der Waals surface area contributed by atoms with E-state index < -0.39 is 6.04 Å². The molecule has 0 aliphatic carbocycles. The molecule has 2 N–H and O–H groups in total. The lowest BCUT2D eigenvalue weighted by Crippen LogP contribution is -2.44. The Balaban J connectivity index is 2.55. The summed E-state index contributed by atoms with van der Waals surface area (Å²) in [5.74, 6) is 0.558. The Kier molecular flexibility index (Phi) is 3.55. The first-order chi connectivity index (χ1) is 9.04. The first kappa shape index (κ1) is 13.1. The van der Waals surface area contributed by atoms with E-state index in [9.17, 15) is 9.59 Å². The molecule has 2 amide bonds. The lowest BCUT2D eigenvalue weighted by atomic mass is 9.92. The third-order valence-corrected chi connectivity index (χ3v) is 3.10. The number of ketones is 1. The minimum absolute atomic E-state index is 0.0825. The van der Waals surface area contributed by atoms with Gasteiger partial charge in [0.25, 0.3) is 0 Å². The summed E-state index contributed by atoms with van der Waals surface area (Å²) in [5.41, 5.74) is 1.89. The minimum atomic E-state index is -0.484. The van der Waals surface area contributed by atoms with Gasteiger partial charge in [0.2, 0.25) is 0 Å². The van der Waals surface area contributed by atoms with Crippen molar-refractivity contribution in [3.8, 4) is 5.75 Å². The van der Waals surface area contributed by atoms with Crippen molar-refractivity contribution in [3.05, 3.63) is 41.1 Å². The smallest absolute Gasteiger partial charge is 0.319 e. The Morgan fingerprint density at radius 1 is 1.32 bits per heavy atom. The molecule has 1 aromatic rings. The van der Waals surface area contributed by atoms with Gasteiger partial charge in [0.15, 0.2) is 5.78 Å². The van der Waals surface area contributed by atoms with Gasteiger partial charge in [-0.3, -0.25) is 4.79 Å². The summed E-state index contributed by atoms with van der Waals surface area (Å²) < 4.78 is 5.29. The number of urea groups is 1. The number of allylic oxidation sites excluding steroid dienone is 1. The fraction of sp³-hybridized carbons (Fsp3) is 0.286. The van der Waals surface area contributed by atoms with Crippen molar-refractivity contribution < 1.29 is 14.3 Å². The average Bonchev–Trinajstić information content (AvgIpc) is 2.37. The molecule has 100 valence electrons. The maximum absolute atomic E-state index is 11.8. The van der Waals surface area contributed by atoms with Crippen molar-refractivity contribution in [2.75, 3.05) is 7.11 Å². The Morgan fingerprint density at radius 2 is 2.00 bits per heavy atom. The van der Waals surface area contributed by atoms with Crippen molar-refractivity contribution in [2.24, 2.45) is 0 Å². The maximum atomic E-state index is 11.8. The van der Waals surface area contributed by atoms with E-state index in [1.165, 1.54) is 6.92 Å². The molecule has 0 spiro atoms. The van der Waals surface area contributed by atoms with Crippen LogP contribution < -0.4 is 15.4 Å². The highest BCUT2D eigenvalue weighted by atomic mass is 16.5. The molecule has 2 rings (SSSR count). The van der Waals surface area contributed by atoms with Gasteiger partial charge in [-0.1, -0.05) is 18.2 Å². The molecule has 5 nitrogen and oxygen atoms in total. The van der Waals surface area contributed by atoms with E-state index in [1.807, 2.05) is 18.2 Å². The molecule has 1 aliphatic rings. The van der Waals surface area contributed by atoms with Crippen LogP contribution in [0.15, 0.2) is 35.5 Å². The van der Waals surface area contributed by atoms with E-state index in [4.69, 9.17) is 4.74 Å². The van der Waals surface area contributed by atoms with E-state index in [0.29, 0.717) is 17.0 Å². The summed E-state index contributed by atoms with van der Waals surface area (Å²) in [6, 6.07) is 6.52. The monoisotopic (exact) mass is 260 g/mol. The highest BCUT2D eigenvalue weighted by Crippen LogP contribution is 2.32. The summed E-state index contributed by atoms with van der Waals surface area (Å²) >= 11 is 0. The van der Waals surface area contributed by atoms with Crippen molar-refractivity contribution in [2.45, 2.75) is 19.9 Å². The van der Waals surface area contributed by atoms with Crippen LogP contribution in [-0.4, -0.2) is 18.9 Å². The van der Waals surface area contributed by atoms with E-state index in [1.54, 1.807) is 20.1 Å². The quantitative estimate of drug-likeness (QED) is 0.872. The molecule has 1 aliphatic heterocycles. The maximum Gasteiger partial charge on any atom is 0.319 e. The number of hydrogen-bond acceptors (Lipinski definition) is 3. The number of carbonyl (C=O) groups excluding carboxylic acids is 2. The van der Waals surface area contributed by atoms with Crippen LogP contribution in [0, 0.1) is 0 Å². The summed E-state index contributed by atoms with van der Waals surface area (Å²) in [6.45, 7) is 3.21. The summed E-state index contributed by atoms with van der Waals surface area (Å²) in [7, 11) is 1.56. The second-order valence-corrected chi connectivity index (χ2v) is 4.37. The number of hydrogen-bond donors (Lipinski definition) is 2. The molecule has 0 saturated carbocycles. The van der Waals surface area contributed by atoms with Crippen molar-refractivity contribution >= 4 is 11.8 Å².